The summed E-state index contributed by atoms with van der Waals surface area (Å²) in [6.45, 7) is 6.51. The van der Waals surface area contributed by atoms with Gasteiger partial charge in [0.25, 0.3) is 0 Å². The standard InChI is InChI=1S/C15H27N3O2S/c1-4-6-7-8-10-12(3)18-13(9-5-2)16-17-15(18)21-11-14(19)20/h12H,4-11H2,1-3H3,(H,19,20). The lowest BCUT2D eigenvalue weighted by molar-refractivity contribution is -0.133. The number of nitrogens with zero attached hydrogens (tertiary/aromatic N) is 3. The van der Waals surface area contributed by atoms with E-state index in [9.17, 15) is 4.79 Å². The van der Waals surface area contributed by atoms with Crippen LogP contribution in [-0.4, -0.2) is 31.6 Å². The SMILES string of the molecule is CCCCCCC(C)n1c(CCC)nnc1SCC(=O)O. The first-order chi connectivity index (χ1) is 10.1. The van der Waals surface area contributed by atoms with Gasteiger partial charge < -0.3 is 9.67 Å². The van der Waals surface area contributed by atoms with Crippen LogP contribution in [0.3, 0.4) is 0 Å². The second-order valence-electron chi connectivity index (χ2n) is 5.40. The summed E-state index contributed by atoms with van der Waals surface area (Å²) in [5.41, 5.74) is 0. The summed E-state index contributed by atoms with van der Waals surface area (Å²) < 4.78 is 2.14. The number of carboxylic acid groups (broad SMARTS) is 1. The monoisotopic (exact) mass is 313 g/mol. The van der Waals surface area contributed by atoms with Crippen LogP contribution in [0.4, 0.5) is 0 Å². The molecular formula is C15H27N3O2S. The zero-order chi connectivity index (χ0) is 15.7. The third-order valence-corrected chi connectivity index (χ3v) is 4.38. The van der Waals surface area contributed by atoms with Crippen LogP contribution < -0.4 is 0 Å². The average Bonchev–Trinajstić information content (AvgIpc) is 2.84. The maximum atomic E-state index is 10.8. The molecule has 120 valence electrons. The average molecular weight is 313 g/mol. The summed E-state index contributed by atoms with van der Waals surface area (Å²) in [5, 5.41) is 18.0. The number of aromatic nitrogens is 3. The highest BCUT2D eigenvalue weighted by Crippen LogP contribution is 2.25. The van der Waals surface area contributed by atoms with Crippen LogP contribution in [0.15, 0.2) is 5.16 Å². The predicted octanol–water partition coefficient (Wildman–Crippen LogP) is 3.94. The van der Waals surface area contributed by atoms with E-state index >= 15 is 0 Å². The smallest absolute Gasteiger partial charge is 0.313 e. The number of unbranched alkanes of at least 4 members (excludes halogenated alkanes) is 3. The molecule has 1 atom stereocenters. The molecule has 1 aromatic rings. The van der Waals surface area contributed by atoms with Gasteiger partial charge in [-0.1, -0.05) is 51.3 Å². The number of carboxylic acids is 1. The molecule has 1 unspecified atom stereocenters. The van der Waals surface area contributed by atoms with Crippen molar-refractivity contribution in [3.8, 4) is 0 Å². The van der Waals surface area contributed by atoms with Gasteiger partial charge in [-0.3, -0.25) is 4.79 Å². The first kappa shape index (κ1) is 18.0. The highest BCUT2D eigenvalue weighted by Gasteiger charge is 2.17. The minimum atomic E-state index is -0.817. The lowest BCUT2D eigenvalue weighted by Gasteiger charge is -2.17. The number of hydrogen-bond acceptors (Lipinski definition) is 4. The fourth-order valence-corrected chi connectivity index (χ4v) is 3.14. The Kier molecular flexibility index (Phi) is 8.42. The van der Waals surface area contributed by atoms with Crippen LogP contribution >= 0.6 is 11.8 Å². The van der Waals surface area contributed by atoms with Crippen molar-refractivity contribution >= 4 is 17.7 Å². The Labute approximate surface area is 131 Å². The molecule has 1 N–H and O–H groups in total. The van der Waals surface area contributed by atoms with Crippen molar-refractivity contribution in [2.24, 2.45) is 0 Å². The number of aliphatic carboxylic acids is 1. The maximum absolute atomic E-state index is 10.8. The summed E-state index contributed by atoms with van der Waals surface area (Å²) in [7, 11) is 0. The minimum Gasteiger partial charge on any atom is -0.481 e. The lowest BCUT2D eigenvalue weighted by Crippen LogP contribution is -2.12. The molecule has 5 nitrogen and oxygen atoms in total. The van der Waals surface area contributed by atoms with Crippen molar-refractivity contribution in [2.75, 3.05) is 5.75 Å². The number of rotatable bonds is 11. The van der Waals surface area contributed by atoms with E-state index < -0.39 is 5.97 Å². The van der Waals surface area contributed by atoms with E-state index in [-0.39, 0.29) is 5.75 Å². The zero-order valence-corrected chi connectivity index (χ0v) is 14.2. The second-order valence-corrected chi connectivity index (χ2v) is 6.34. The van der Waals surface area contributed by atoms with Crippen LogP contribution in [0.5, 0.6) is 0 Å². The molecule has 0 saturated heterocycles. The molecule has 0 aromatic carbocycles. The molecule has 0 aliphatic heterocycles. The fourth-order valence-electron chi connectivity index (χ4n) is 2.36. The first-order valence-corrected chi connectivity index (χ1v) is 8.87. The molecule has 1 rings (SSSR count). The molecule has 1 aromatic heterocycles. The van der Waals surface area contributed by atoms with Gasteiger partial charge >= 0.3 is 5.97 Å². The third kappa shape index (κ3) is 6.08. The number of thioether (sulfide) groups is 1. The number of carbonyl (C=O) groups is 1. The van der Waals surface area contributed by atoms with Gasteiger partial charge in [-0.2, -0.15) is 0 Å². The van der Waals surface area contributed by atoms with Gasteiger partial charge in [0.15, 0.2) is 5.16 Å². The van der Waals surface area contributed by atoms with E-state index in [0.717, 1.165) is 30.2 Å². The molecule has 6 heteroatoms. The summed E-state index contributed by atoms with van der Waals surface area (Å²) in [5.74, 6) is 0.197. The van der Waals surface area contributed by atoms with Gasteiger partial charge in [0.2, 0.25) is 0 Å². The summed E-state index contributed by atoms with van der Waals surface area (Å²) in [4.78, 5) is 10.8. The minimum absolute atomic E-state index is 0.0345. The van der Waals surface area contributed by atoms with Crippen LogP contribution in [0.2, 0.25) is 0 Å². The summed E-state index contributed by atoms with van der Waals surface area (Å²) >= 11 is 1.26. The van der Waals surface area contributed by atoms with Crippen LogP contribution in [0.25, 0.3) is 0 Å². The Balaban J connectivity index is 2.73. The molecule has 0 saturated carbocycles. The molecule has 0 bridgehead atoms. The highest BCUT2D eigenvalue weighted by molar-refractivity contribution is 7.99. The summed E-state index contributed by atoms with van der Waals surface area (Å²) in [6.07, 6.45) is 7.96. The van der Waals surface area contributed by atoms with E-state index in [1.807, 2.05) is 0 Å². The Morgan fingerprint density at radius 2 is 2.00 bits per heavy atom. The van der Waals surface area contributed by atoms with Crippen molar-refractivity contribution in [3.63, 3.8) is 0 Å². The molecule has 0 aliphatic carbocycles. The maximum Gasteiger partial charge on any atom is 0.313 e. The molecule has 0 aliphatic rings. The fraction of sp³-hybridized carbons (Fsp3) is 0.800. The Bertz CT molecular complexity index is 435. The molecule has 1 heterocycles. The Hall–Kier alpha value is -1.04. The van der Waals surface area contributed by atoms with Gasteiger partial charge in [0.1, 0.15) is 5.82 Å². The zero-order valence-electron chi connectivity index (χ0n) is 13.3. The van der Waals surface area contributed by atoms with E-state index in [1.165, 1.54) is 37.4 Å². The molecule has 0 fully saturated rings. The largest absolute Gasteiger partial charge is 0.481 e. The van der Waals surface area contributed by atoms with Crippen molar-refractivity contribution in [3.05, 3.63) is 5.82 Å². The van der Waals surface area contributed by atoms with Crippen molar-refractivity contribution in [1.29, 1.82) is 0 Å². The number of aryl methyl sites for hydroxylation is 1. The quantitative estimate of drug-likeness (QED) is 0.495. The van der Waals surface area contributed by atoms with E-state index in [0.29, 0.717) is 6.04 Å². The van der Waals surface area contributed by atoms with Gasteiger partial charge in [-0.05, 0) is 19.8 Å². The van der Waals surface area contributed by atoms with E-state index in [2.05, 4.69) is 35.5 Å². The van der Waals surface area contributed by atoms with Gasteiger partial charge in [-0.15, -0.1) is 10.2 Å². The van der Waals surface area contributed by atoms with Crippen LogP contribution in [-0.2, 0) is 11.2 Å². The van der Waals surface area contributed by atoms with Crippen molar-refractivity contribution < 1.29 is 9.90 Å². The molecule has 0 spiro atoms. The second kappa shape index (κ2) is 9.82. The van der Waals surface area contributed by atoms with Crippen molar-refractivity contribution in [2.45, 2.75) is 76.9 Å². The normalized spacial score (nSPS) is 12.5. The molecule has 0 amide bonds. The van der Waals surface area contributed by atoms with Crippen LogP contribution in [0.1, 0.15) is 71.2 Å². The van der Waals surface area contributed by atoms with Crippen LogP contribution in [0, 0.1) is 0 Å². The topological polar surface area (TPSA) is 68.0 Å². The predicted molar refractivity (Wildman–Crippen MR) is 85.8 cm³/mol. The Morgan fingerprint density at radius 1 is 1.24 bits per heavy atom. The van der Waals surface area contributed by atoms with Gasteiger partial charge in [-0.25, -0.2) is 0 Å². The molecular weight excluding hydrogens is 286 g/mol. The van der Waals surface area contributed by atoms with Gasteiger partial charge in [0.05, 0.1) is 5.75 Å². The highest BCUT2D eigenvalue weighted by atomic mass is 32.2. The molecule has 0 radical (unpaired) electrons. The lowest BCUT2D eigenvalue weighted by atomic mass is 10.1. The van der Waals surface area contributed by atoms with E-state index in [4.69, 9.17) is 5.11 Å². The first-order valence-electron chi connectivity index (χ1n) is 7.88. The van der Waals surface area contributed by atoms with Crippen molar-refractivity contribution in [1.82, 2.24) is 14.8 Å². The Morgan fingerprint density at radius 3 is 2.62 bits per heavy atom. The summed E-state index contributed by atoms with van der Waals surface area (Å²) in [6, 6.07) is 0.328. The van der Waals surface area contributed by atoms with E-state index in [1.54, 1.807) is 0 Å². The third-order valence-electron chi connectivity index (χ3n) is 3.45. The number of hydrogen-bond donors (Lipinski definition) is 1. The molecule has 21 heavy (non-hydrogen) atoms. The van der Waals surface area contributed by atoms with Gasteiger partial charge in [0, 0.05) is 12.5 Å².